The summed E-state index contributed by atoms with van der Waals surface area (Å²) in [6, 6.07) is 6.62. The quantitative estimate of drug-likeness (QED) is 0.784. The summed E-state index contributed by atoms with van der Waals surface area (Å²) in [5.41, 5.74) is 4.06. The molecule has 4 rings (SSSR count). The van der Waals surface area contributed by atoms with Crippen LogP contribution in [-0.4, -0.2) is 26.6 Å². The lowest BCUT2D eigenvalue weighted by atomic mass is 10.1. The summed E-state index contributed by atoms with van der Waals surface area (Å²) < 4.78 is 7.53. The molecule has 1 aliphatic rings. The summed E-state index contributed by atoms with van der Waals surface area (Å²) in [7, 11) is 1.69. The highest BCUT2D eigenvalue weighted by Gasteiger charge is 2.26. The van der Waals surface area contributed by atoms with E-state index in [1.807, 2.05) is 18.5 Å². The van der Waals surface area contributed by atoms with Crippen LogP contribution < -0.4 is 10.1 Å². The predicted molar refractivity (Wildman–Crippen MR) is 88.7 cm³/mol. The maximum atomic E-state index is 5.38. The summed E-state index contributed by atoms with van der Waals surface area (Å²) >= 11 is 0. The molecule has 0 radical (unpaired) electrons. The molecule has 0 aliphatic heterocycles. The van der Waals surface area contributed by atoms with E-state index in [9.17, 15) is 0 Å². The zero-order valence-electron chi connectivity index (χ0n) is 13.3. The van der Waals surface area contributed by atoms with Crippen molar-refractivity contribution in [3.63, 3.8) is 0 Å². The first kappa shape index (κ1) is 14.0. The number of hydrogen-bond donors (Lipinski definition) is 1. The van der Waals surface area contributed by atoms with Gasteiger partial charge in [-0.25, -0.2) is 15.0 Å². The van der Waals surface area contributed by atoms with Gasteiger partial charge in [-0.2, -0.15) is 0 Å². The Labute approximate surface area is 134 Å². The number of fused-ring (bicyclic) bond motifs is 1. The Hall–Kier alpha value is -2.63. The van der Waals surface area contributed by atoms with E-state index < -0.39 is 0 Å². The number of ether oxygens (including phenoxy) is 1. The lowest BCUT2D eigenvalue weighted by molar-refractivity contribution is 0.411. The summed E-state index contributed by atoms with van der Waals surface area (Å²) in [5.74, 6) is 1.67. The smallest absolute Gasteiger partial charge is 0.165 e. The minimum atomic E-state index is 0.559. The van der Waals surface area contributed by atoms with Gasteiger partial charge in [0.15, 0.2) is 11.5 Å². The highest BCUT2D eigenvalue weighted by molar-refractivity contribution is 5.82. The first-order valence-corrected chi connectivity index (χ1v) is 7.82. The molecule has 6 nitrogen and oxygen atoms in total. The van der Waals surface area contributed by atoms with Crippen LogP contribution in [0.1, 0.15) is 30.0 Å². The van der Waals surface area contributed by atoms with Gasteiger partial charge in [0.2, 0.25) is 0 Å². The maximum Gasteiger partial charge on any atom is 0.165 e. The molecule has 0 saturated heterocycles. The van der Waals surface area contributed by atoms with Crippen molar-refractivity contribution in [2.45, 2.75) is 32.4 Å². The number of methoxy groups -OCH3 is 1. The molecule has 0 unspecified atom stereocenters. The molecule has 2 heterocycles. The number of rotatable bonds is 5. The van der Waals surface area contributed by atoms with Crippen LogP contribution in [0.2, 0.25) is 0 Å². The van der Waals surface area contributed by atoms with Crippen molar-refractivity contribution in [3.05, 3.63) is 42.0 Å². The van der Waals surface area contributed by atoms with Gasteiger partial charge in [0.05, 0.1) is 13.4 Å². The zero-order valence-corrected chi connectivity index (χ0v) is 13.3. The van der Waals surface area contributed by atoms with E-state index in [1.54, 1.807) is 13.4 Å². The lowest BCUT2D eigenvalue weighted by Crippen LogP contribution is -2.05. The second kappa shape index (κ2) is 5.53. The van der Waals surface area contributed by atoms with Gasteiger partial charge in [0.25, 0.3) is 0 Å². The van der Waals surface area contributed by atoms with Crippen LogP contribution in [0.15, 0.2) is 30.9 Å². The van der Waals surface area contributed by atoms with E-state index in [0.717, 1.165) is 28.3 Å². The van der Waals surface area contributed by atoms with Crippen LogP contribution in [0.25, 0.3) is 11.2 Å². The first-order chi connectivity index (χ1) is 11.3. The number of anilines is 1. The van der Waals surface area contributed by atoms with Gasteiger partial charge in [0.1, 0.15) is 17.6 Å². The molecule has 23 heavy (non-hydrogen) atoms. The van der Waals surface area contributed by atoms with E-state index in [2.05, 4.69) is 37.8 Å². The highest BCUT2D eigenvalue weighted by atomic mass is 16.5. The fraction of sp³-hybridized carbons (Fsp3) is 0.353. The first-order valence-electron chi connectivity index (χ1n) is 7.82. The van der Waals surface area contributed by atoms with Crippen LogP contribution in [0.4, 0.5) is 5.82 Å². The third-order valence-corrected chi connectivity index (χ3v) is 4.36. The van der Waals surface area contributed by atoms with Gasteiger partial charge >= 0.3 is 0 Å². The summed E-state index contributed by atoms with van der Waals surface area (Å²) in [5, 5.41) is 3.39. The minimum absolute atomic E-state index is 0.559. The highest BCUT2D eigenvalue weighted by Crippen LogP contribution is 2.37. The summed E-state index contributed by atoms with van der Waals surface area (Å²) in [4.78, 5) is 13.2. The fourth-order valence-electron chi connectivity index (χ4n) is 2.85. The number of benzene rings is 1. The van der Waals surface area contributed by atoms with Crippen LogP contribution >= 0.6 is 0 Å². The molecule has 0 atom stereocenters. The Morgan fingerprint density at radius 1 is 1.26 bits per heavy atom. The van der Waals surface area contributed by atoms with Crippen molar-refractivity contribution >= 4 is 17.0 Å². The van der Waals surface area contributed by atoms with Crippen molar-refractivity contribution < 1.29 is 4.74 Å². The number of nitrogens with one attached hydrogen (secondary N) is 1. The van der Waals surface area contributed by atoms with Crippen molar-refractivity contribution in [1.82, 2.24) is 19.5 Å². The Morgan fingerprint density at radius 3 is 2.91 bits per heavy atom. The fourth-order valence-corrected chi connectivity index (χ4v) is 2.85. The topological polar surface area (TPSA) is 64.9 Å². The minimum Gasteiger partial charge on any atom is -0.496 e. The molecule has 1 N–H and O–H groups in total. The molecule has 6 heteroatoms. The molecule has 0 amide bonds. The molecular formula is C17H19N5O. The van der Waals surface area contributed by atoms with Crippen molar-refractivity contribution in [2.24, 2.45) is 0 Å². The van der Waals surface area contributed by atoms with Gasteiger partial charge in [-0.3, -0.25) is 0 Å². The van der Waals surface area contributed by atoms with E-state index >= 15 is 0 Å². The largest absolute Gasteiger partial charge is 0.496 e. The third-order valence-electron chi connectivity index (χ3n) is 4.36. The molecule has 1 saturated carbocycles. The van der Waals surface area contributed by atoms with Crippen molar-refractivity contribution in [2.75, 3.05) is 12.4 Å². The van der Waals surface area contributed by atoms with Gasteiger partial charge in [0, 0.05) is 12.6 Å². The standard InChI is InChI=1S/C17H19N5O/c1-11-12(4-3-5-14(11)23-2)8-18-16-15-17(20-9-19-16)22(10-21-15)13-6-7-13/h3-5,9-10,13H,6-8H2,1-2H3,(H,18,19,20). The molecule has 118 valence electrons. The zero-order chi connectivity index (χ0) is 15.8. The van der Waals surface area contributed by atoms with Gasteiger partial charge in [-0.15, -0.1) is 0 Å². The van der Waals surface area contributed by atoms with Crippen LogP contribution in [0.5, 0.6) is 5.75 Å². The molecule has 1 aliphatic carbocycles. The monoisotopic (exact) mass is 309 g/mol. The lowest BCUT2D eigenvalue weighted by Gasteiger charge is -2.11. The molecule has 0 spiro atoms. The van der Waals surface area contributed by atoms with Gasteiger partial charge in [-0.05, 0) is 37.0 Å². The van der Waals surface area contributed by atoms with Gasteiger partial charge < -0.3 is 14.6 Å². The summed E-state index contributed by atoms with van der Waals surface area (Å²) in [6.07, 6.45) is 5.89. The van der Waals surface area contributed by atoms with Crippen LogP contribution in [-0.2, 0) is 6.54 Å². The molecule has 3 aromatic rings. The normalized spacial score (nSPS) is 14.2. The second-order valence-electron chi connectivity index (χ2n) is 5.88. The molecular weight excluding hydrogens is 290 g/mol. The summed E-state index contributed by atoms with van der Waals surface area (Å²) in [6.45, 7) is 2.73. The average Bonchev–Trinajstić information content (AvgIpc) is 3.33. The molecule has 1 fully saturated rings. The average molecular weight is 309 g/mol. The number of aromatic nitrogens is 4. The van der Waals surface area contributed by atoms with E-state index in [-0.39, 0.29) is 0 Å². The predicted octanol–water partition coefficient (Wildman–Crippen LogP) is 3.09. The molecule has 2 aromatic heterocycles. The second-order valence-corrected chi connectivity index (χ2v) is 5.88. The van der Waals surface area contributed by atoms with Crippen molar-refractivity contribution in [3.8, 4) is 5.75 Å². The Balaban J connectivity index is 1.61. The van der Waals surface area contributed by atoms with Crippen LogP contribution in [0, 0.1) is 6.92 Å². The third kappa shape index (κ3) is 2.50. The number of nitrogens with zero attached hydrogens (tertiary/aromatic N) is 4. The van der Waals surface area contributed by atoms with Gasteiger partial charge in [-0.1, -0.05) is 12.1 Å². The van der Waals surface area contributed by atoms with Crippen molar-refractivity contribution in [1.29, 1.82) is 0 Å². The Bertz CT molecular complexity index is 853. The van der Waals surface area contributed by atoms with E-state index in [0.29, 0.717) is 12.6 Å². The number of hydrogen-bond acceptors (Lipinski definition) is 5. The van der Waals surface area contributed by atoms with E-state index in [4.69, 9.17) is 4.74 Å². The Kier molecular flexibility index (Phi) is 3.37. The number of imidazole rings is 1. The SMILES string of the molecule is COc1cccc(CNc2ncnc3c2ncn3C2CC2)c1C. The molecule has 0 bridgehead atoms. The molecule has 1 aromatic carbocycles. The maximum absolute atomic E-state index is 5.38. The van der Waals surface area contributed by atoms with Crippen LogP contribution in [0.3, 0.4) is 0 Å². The Morgan fingerprint density at radius 2 is 2.13 bits per heavy atom. The van der Waals surface area contributed by atoms with E-state index in [1.165, 1.54) is 18.4 Å².